The highest BCUT2D eigenvalue weighted by Gasteiger charge is 2.17. The lowest BCUT2D eigenvalue weighted by atomic mass is 10.2. The van der Waals surface area contributed by atoms with Crippen molar-refractivity contribution in [1.29, 1.82) is 0 Å². The van der Waals surface area contributed by atoms with E-state index >= 15 is 0 Å². The molecule has 0 unspecified atom stereocenters. The molecule has 0 spiro atoms. The first-order valence-corrected chi connectivity index (χ1v) is 12.0. The number of aryl methyl sites for hydroxylation is 2. The molecule has 0 radical (unpaired) electrons. The van der Waals surface area contributed by atoms with Crippen LogP contribution in [0.5, 0.6) is 5.75 Å². The van der Waals surface area contributed by atoms with E-state index in [1.165, 1.54) is 36.2 Å². The highest BCUT2D eigenvalue weighted by atomic mass is 32.2. The van der Waals surface area contributed by atoms with Gasteiger partial charge in [-0.25, -0.2) is 13.1 Å². The zero-order chi connectivity index (χ0) is 24.3. The topological polar surface area (TPSA) is 106 Å². The molecule has 1 aromatic heterocycles. The van der Waals surface area contributed by atoms with Crippen molar-refractivity contribution < 1.29 is 13.2 Å². The Morgan fingerprint density at radius 2 is 1.71 bits per heavy atom. The van der Waals surface area contributed by atoms with E-state index in [0.29, 0.717) is 28.3 Å². The minimum absolute atomic E-state index is 0.0353. The summed E-state index contributed by atoms with van der Waals surface area (Å²) >= 11 is 0. The Kier molecular flexibility index (Phi) is 6.38. The molecule has 1 heterocycles. The molecule has 3 aromatic carbocycles. The van der Waals surface area contributed by atoms with Gasteiger partial charge in [-0.1, -0.05) is 35.9 Å². The van der Waals surface area contributed by atoms with Crippen LogP contribution in [-0.4, -0.2) is 31.5 Å². The number of aromatic nitrogens is 2. The van der Waals surface area contributed by atoms with Crippen molar-refractivity contribution in [2.45, 2.75) is 18.7 Å². The van der Waals surface area contributed by atoms with E-state index in [1.54, 1.807) is 19.1 Å². The molecule has 0 aliphatic heterocycles. The van der Waals surface area contributed by atoms with Crippen LogP contribution in [0.25, 0.3) is 5.69 Å². The van der Waals surface area contributed by atoms with Gasteiger partial charge in [0.05, 0.1) is 23.3 Å². The second kappa shape index (κ2) is 9.40. The van der Waals surface area contributed by atoms with Gasteiger partial charge in [0.25, 0.3) is 15.6 Å². The summed E-state index contributed by atoms with van der Waals surface area (Å²) in [5.74, 6) is 0.264. The first-order valence-electron chi connectivity index (χ1n) is 10.5. The smallest absolute Gasteiger partial charge is 0.280 e. The fourth-order valence-electron chi connectivity index (χ4n) is 3.37. The quantitative estimate of drug-likeness (QED) is 0.387. The number of anilines is 1. The predicted octanol–water partition coefficient (Wildman–Crippen LogP) is 4.34. The van der Waals surface area contributed by atoms with Gasteiger partial charge in [0.1, 0.15) is 11.4 Å². The summed E-state index contributed by atoms with van der Waals surface area (Å²) in [7, 11) is -2.39. The zero-order valence-corrected chi connectivity index (χ0v) is 19.8. The summed E-state index contributed by atoms with van der Waals surface area (Å²) in [6.45, 7) is 3.71. The summed E-state index contributed by atoms with van der Waals surface area (Å²) in [5, 5.41) is 3.04. The summed E-state index contributed by atoms with van der Waals surface area (Å²) in [6.07, 6.45) is 1.45. The second-order valence-corrected chi connectivity index (χ2v) is 9.37. The van der Waals surface area contributed by atoms with Crippen LogP contribution in [0.15, 0.2) is 87.5 Å². The molecule has 0 aliphatic carbocycles. The first-order chi connectivity index (χ1) is 16.3. The Labute approximate surface area is 197 Å². The summed E-state index contributed by atoms with van der Waals surface area (Å²) in [6, 6.07) is 20.6. The number of methoxy groups -OCH3 is 1. The van der Waals surface area contributed by atoms with Crippen molar-refractivity contribution in [1.82, 2.24) is 9.78 Å². The van der Waals surface area contributed by atoms with Crippen LogP contribution in [0, 0.1) is 13.8 Å². The van der Waals surface area contributed by atoms with Crippen LogP contribution < -0.4 is 15.0 Å². The molecule has 2 N–H and O–H groups in total. The molecule has 0 saturated carbocycles. The summed E-state index contributed by atoms with van der Waals surface area (Å²) < 4.78 is 35.0. The molecular weight excluding hydrogens is 452 g/mol. The molecule has 0 aliphatic rings. The van der Waals surface area contributed by atoms with Gasteiger partial charge in [-0.3, -0.25) is 19.6 Å². The lowest BCUT2D eigenvalue weighted by Crippen LogP contribution is -2.17. The number of nitrogens with zero attached hydrogens (tertiary/aromatic N) is 2. The van der Waals surface area contributed by atoms with E-state index in [-0.39, 0.29) is 16.2 Å². The van der Waals surface area contributed by atoms with E-state index in [0.717, 1.165) is 5.56 Å². The largest absolute Gasteiger partial charge is 0.494 e. The average Bonchev–Trinajstić information content (AvgIpc) is 3.12. The van der Waals surface area contributed by atoms with Gasteiger partial charge >= 0.3 is 0 Å². The van der Waals surface area contributed by atoms with Crippen LogP contribution in [-0.2, 0) is 10.0 Å². The van der Waals surface area contributed by atoms with E-state index in [1.807, 2.05) is 49.4 Å². The molecule has 0 amide bonds. The van der Waals surface area contributed by atoms with Gasteiger partial charge in [0.15, 0.2) is 0 Å². The van der Waals surface area contributed by atoms with Gasteiger partial charge in [-0.2, -0.15) is 0 Å². The van der Waals surface area contributed by atoms with Crippen molar-refractivity contribution >= 4 is 27.6 Å². The molecule has 8 nitrogen and oxygen atoms in total. The molecule has 174 valence electrons. The Morgan fingerprint density at radius 3 is 2.38 bits per heavy atom. The van der Waals surface area contributed by atoms with Crippen molar-refractivity contribution in [3.05, 3.63) is 100.0 Å². The van der Waals surface area contributed by atoms with Gasteiger partial charge in [-0.15, -0.1) is 0 Å². The first kappa shape index (κ1) is 23.1. The number of nitrogens with one attached hydrogen (secondary N) is 2. The highest BCUT2D eigenvalue weighted by molar-refractivity contribution is 7.92. The minimum atomic E-state index is -3.82. The molecule has 4 aromatic rings. The third-order valence-corrected chi connectivity index (χ3v) is 6.61. The minimum Gasteiger partial charge on any atom is -0.494 e. The molecule has 0 fully saturated rings. The Bertz CT molecular complexity index is 1500. The SMILES string of the molecule is COc1cc(S(=O)(=O)Nc2ccc(C)cc2)ccc1N=Cc1c(C)[nH]n(-c2ccccc2)c1=O. The maximum Gasteiger partial charge on any atom is 0.280 e. The van der Waals surface area contributed by atoms with Crippen LogP contribution in [0.4, 0.5) is 11.4 Å². The Balaban J connectivity index is 1.62. The van der Waals surface area contributed by atoms with Crippen LogP contribution in [0.2, 0.25) is 0 Å². The van der Waals surface area contributed by atoms with Crippen LogP contribution in [0.3, 0.4) is 0 Å². The van der Waals surface area contributed by atoms with Crippen molar-refractivity contribution in [2.75, 3.05) is 11.8 Å². The Morgan fingerprint density at radius 1 is 1.00 bits per heavy atom. The van der Waals surface area contributed by atoms with Gasteiger partial charge < -0.3 is 4.74 Å². The van der Waals surface area contributed by atoms with Gasteiger partial charge in [0.2, 0.25) is 0 Å². The van der Waals surface area contributed by atoms with Crippen molar-refractivity contribution in [2.24, 2.45) is 4.99 Å². The van der Waals surface area contributed by atoms with Crippen molar-refractivity contribution in [3.8, 4) is 11.4 Å². The predicted molar refractivity (Wildman–Crippen MR) is 133 cm³/mol. The highest BCUT2D eigenvalue weighted by Crippen LogP contribution is 2.31. The number of hydrogen-bond acceptors (Lipinski definition) is 5. The van der Waals surface area contributed by atoms with E-state index in [4.69, 9.17) is 4.74 Å². The molecular formula is C25H24N4O4S. The zero-order valence-electron chi connectivity index (χ0n) is 18.9. The molecule has 9 heteroatoms. The summed E-state index contributed by atoms with van der Waals surface area (Å²) in [5.41, 5.74) is 3.39. The number of sulfonamides is 1. The number of para-hydroxylation sites is 1. The monoisotopic (exact) mass is 476 g/mol. The second-order valence-electron chi connectivity index (χ2n) is 7.69. The third-order valence-electron chi connectivity index (χ3n) is 5.23. The number of benzene rings is 3. The summed E-state index contributed by atoms with van der Waals surface area (Å²) in [4.78, 5) is 17.3. The van der Waals surface area contributed by atoms with E-state index in [2.05, 4.69) is 14.8 Å². The lowest BCUT2D eigenvalue weighted by molar-refractivity contribution is 0.415. The van der Waals surface area contributed by atoms with Crippen LogP contribution >= 0.6 is 0 Å². The number of aromatic amines is 1. The number of rotatable bonds is 7. The fourth-order valence-corrected chi connectivity index (χ4v) is 4.45. The third kappa shape index (κ3) is 4.79. The molecule has 0 saturated heterocycles. The van der Waals surface area contributed by atoms with Gasteiger partial charge in [0, 0.05) is 23.7 Å². The molecule has 0 bridgehead atoms. The standard InChI is InChI=1S/C25H24N4O4S/c1-17-9-11-19(12-10-17)28-34(31,32)21-13-14-23(24(15-21)33-3)26-16-22-18(2)27-29(25(22)30)20-7-5-4-6-8-20/h4-16,27-28H,1-3H3. The van der Waals surface area contributed by atoms with E-state index < -0.39 is 10.0 Å². The van der Waals surface area contributed by atoms with E-state index in [9.17, 15) is 13.2 Å². The number of H-pyrrole nitrogens is 1. The van der Waals surface area contributed by atoms with Gasteiger partial charge in [-0.05, 0) is 50.2 Å². The van der Waals surface area contributed by atoms with Crippen LogP contribution in [0.1, 0.15) is 16.8 Å². The maximum atomic E-state index is 12.9. The van der Waals surface area contributed by atoms with Crippen molar-refractivity contribution in [3.63, 3.8) is 0 Å². The molecule has 4 rings (SSSR count). The fraction of sp³-hybridized carbons (Fsp3) is 0.120. The number of aliphatic imine (C=N–C) groups is 1. The number of ether oxygens (including phenoxy) is 1. The normalized spacial score (nSPS) is 11.6. The molecule has 0 atom stereocenters. The lowest BCUT2D eigenvalue weighted by Gasteiger charge is -2.11. The number of hydrogen-bond donors (Lipinski definition) is 2. The Hall–Kier alpha value is -4.11. The average molecular weight is 477 g/mol. The maximum absolute atomic E-state index is 12.9. The molecule has 34 heavy (non-hydrogen) atoms.